The van der Waals surface area contributed by atoms with Crippen LogP contribution >= 0.6 is 0 Å². The summed E-state index contributed by atoms with van der Waals surface area (Å²) < 4.78 is 11.2. The molecule has 0 aliphatic rings. The molecule has 0 aliphatic carbocycles. The Morgan fingerprint density at radius 3 is 2.52 bits per heavy atom. The van der Waals surface area contributed by atoms with E-state index in [2.05, 4.69) is 24.3 Å². The van der Waals surface area contributed by atoms with Crippen LogP contribution in [0.25, 0.3) is 11.0 Å². The fourth-order valence-corrected chi connectivity index (χ4v) is 2.96. The monoisotopic (exact) mass is 336 g/mol. The van der Waals surface area contributed by atoms with Gasteiger partial charge in [-0.1, -0.05) is 30.3 Å². The smallest absolute Gasteiger partial charge is 0.339 e. The summed E-state index contributed by atoms with van der Waals surface area (Å²) in [4.78, 5) is 11.8. The normalized spacial score (nSPS) is 11.0. The maximum absolute atomic E-state index is 11.8. The Morgan fingerprint density at radius 1 is 0.920 bits per heavy atom. The van der Waals surface area contributed by atoms with Crippen LogP contribution in [0.15, 0.2) is 57.7 Å². The van der Waals surface area contributed by atoms with Crippen molar-refractivity contribution in [3.63, 3.8) is 0 Å². The molecule has 130 valence electrons. The number of unbranched alkanes of at least 4 members (excludes halogenated alkanes) is 2. The second-order valence-electron chi connectivity index (χ2n) is 6.44. The van der Waals surface area contributed by atoms with Gasteiger partial charge in [0.1, 0.15) is 11.3 Å². The van der Waals surface area contributed by atoms with Crippen molar-refractivity contribution in [3.05, 3.63) is 75.6 Å². The Bertz CT molecular complexity index is 894. The number of aryl methyl sites for hydroxylation is 2. The van der Waals surface area contributed by atoms with Crippen molar-refractivity contribution in [3.8, 4) is 5.75 Å². The summed E-state index contributed by atoms with van der Waals surface area (Å²) >= 11 is 0. The van der Waals surface area contributed by atoms with E-state index in [1.165, 1.54) is 12.0 Å². The molecule has 0 radical (unpaired) electrons. The number of hydrogen-bond acceptors (Lipinski definition) is 3. The summed E-state index contributed by atoms with van der Waals surface area (Å²) in [5, 5.41) is 0.965. The van der Waals surface area contributed by atoms with Crippen LogP contribution in [-0.4, -0.2) is 6.61 Å². The van der Waals surface area contributed by atoms with Gasteiger partial charge >= 0.3 is 5.63 Å². The number of hydrogen-bond donors (Lipinski definition) is 0. The molecule has 3 nitrogen and oxygen atoms in total. The second kappa shape index (κ2) is 8.02. The van der Waals surface area contributed by atoms with Gasteiger partial charge in [0.15, 0.2) is 0 Å². The molecule has 0 aliphatic heterocycles. The molecule has 2 aromatic carbocycles. The van der Waals surface area contributed by atoms with Gasteiger partial charge in [0.25, 0.3) is 0 Å². The molecule has 0 fully saturated rings. The zero-order valence-electron chi connectivity index (χ0n) is 14.9. The lowest BCUT2D eigenvalue weighted by molar-refractivity contribution is 0.305. The standard InChI is InChI=1S/C22H24O3/c1-16-17(2)22(23)25-21-15-19(12-13-20(16)21)24-14-8-4-7-11-18-9-5-3-6-10-18/h3,5-6,9-10,12-13,15H,4,7-8,11,14H2,1-2H3. The van der Waals surface area contributed by atoms with E-state index >= 15 is 0 Å². The minimum absolute atomic E-state index is 0.275. The SMILES string of the molecule is Cc1c(C)c2ccc(OCCCCCc3ccccc3)cc2oc1=O. The van der Waals surface area contributed by atoms with E-state index < -0.39 is 0 Å². The molecule has 3 aromatic rings. The molecule has 0 bridgehead atoms. The Morgan fingerprint density at radius 2 is 1.72 bits per heavy atom. The first-order valence-corrected chi connectivity index (χ1v) is 8.86. The van der Waals surface area contributed by atoms with Crippen molar-refractivity contribution in [2.24, 2.45) is 0 Å². The van der Waals surface area contributed by atoms with E-state index in [1.54, 1.807) is 6.92 Å². The predicted octanol–water partition coefficient (Wildman–Crippen LogP) is 5.20. The fourth-order valence-electron chi connectivity index (χ4n) is 2.96. The van der Waals surface area contributed by atoms with Crippen LogP contribution < -0.4 is 10.4 Å². The van der Waals surface area contributed by atoms with E-state index in [0.29, 0.717) is 17.8 Å². The maximum atomic E-state index is 11.8. The Balaban J connectivity index is 1.50. The molecule has 0 saturated heterocycles. The van der Waals surface area contributed by atoms with Crippen LogP contribution in [0.2, 0.25) is 0 Å². The molecule has 1 heterocycles. The van der Waals surface area contributed by atoms with E-state index in [9.17, 15) is 4.79 Å². The molecule has 0 atom stereocenters. The van der Waals surface area contributed by atoms with Crippen molar-refractivity contribution >= 4 is 11.0 Å². The van der Waals surface area contributed by atoms with Crippen LogP contribution in [0, 0.1) is 13.8 Å². The lowest BCUT2D eigenvalue weighted by Crippen LogP contribution is -2.05. The minimum atomic E-state index is -0.275. The number of benzene rings is 2. The molecule has 3 heteroatoms. The average molecular weight is 336 g/mol. The first-order chi connectivity index (χ1) is 12.1. The molecule has 0 unspecified atom stereocenters. The highest BCUT2D eigenvalue weighted by molar-refractivity contribution is 5.82. The molecule has 0 amide bonds. The zero-order chi connectivity index (χ0) is 17.6. The molecular formula is C22H24O3. The summed E-state index contributed by atoms with van der Waals surface area (Å²) in [5.74, 6) is 0.752. The quantitative estimate of drug-likeness (QED) is 0.439. The van der Waals surface area contributed by atoms with Crippen molar-refractivity contribution in [2.75, 3.05) is 6.61 Å². The third-order valence-electron chi connectivity index (χ3n) is 4.65. The number of ether oxygens (including phenoxy) is 1. The predicted molar refractivity (Wildman–Crippen MR) is 101 cm³/mol. The lowest BCUT2D eigenvalue weighted by Gasteiger charge is -2.09. The van der Waals surface area contributed by atoms with E-state index in [-0.39, 0.29) is 5.63 Å². The van der Waals surface area contributed by atoms with Gasteiger partial charge in [0.2, 0.25) is 0 Å². The highest BCUT2D eigenvalue weighted by Crippen LogP contribution is 2.24. The molecule has 0 saturated carbocycles. The van der Waals surface area contributed by atoms with Gasteiger partial charge in [-0.15, -0.1) is 0 Å². The van der Waals surface area contributed by atoms with E-state index in [0.717, 1.165) is 36.0 Å². The van der Waals surface area contributed by atoms with Crippen LogP contribution in [0.3, 0.4) is 0 Å². The topological polar surface area (TPSA) is 39.4 Å². The molecule has 1 aromatic heterocycles. The van der Waals surface area contributed by atoms with Crippen LogP contribution in [0.1, 0.15) is 36.0 Å². The Labute approximate surface area is 148 Å². The Hall–Kier alpha value is -2.55. The fraction of sp³-hybridized carbons (Fsp3) is 0.318. The highest BCUT2D eigenvalue weighted by atomic mass is 16.5. The first kappa shape index (κ1) is 17.3. The van der Waals surface area contributed by atoms with Crippen LogP contribution in [0.4, 0.5) is 0 Å². The van der Waals surface area contributed by atoms with Crippen LogP contribution in [0.5, 0.6) is 5.75 Å². The summed E-state index contributed by atoms with van der Waals surface area (Å²) in [6.45, 7) is 4.41. The second-order valence-corrected chi connectivity index (χ2v) is 6.44. The minimum Gasteiger partial charge on any atom is -0.493 e. The highest BCUT2D eigenvalue weighted by Gasteiger charge is 2.08. The third-order valence-corrected chi connectivity index (χ3v) is 4.65. The van der Waals surface area contributed by atoms with Crippen molar-refractivity contribution in [1.82, 2.24) is 0 Å². The average Bonchev–Trinajstić information content (AvgIpc) is 2.63. The first-order valence-electron chi connectivity index (χ1n) is 8.86. The lowest BCUT2D eigenvalue weighted by atomic mass is 10.1. The third kappa shape index (κ3) is 4.30. The van der Waals surface area contributed by atoms with Crippen molar-refractivity contribution < 1.29 is 9.15 Å². The Kier molecular flexibility index (Phi) is 5.54. The van der Waals surface area contributed by atoms with E-state index in [1.807, 2.05) is 31.2 Å². The summed E-state index contributed by atoms with van der Waals surface area (Å²) in [6, 6.07) is 16.3. The van der Waals surface area contributed by atoms with Gasteiger partial charge in [-0.25, -0.2) is 4.79 Å². The van der Waals surface area contributed by atoms with E-state index in [4.69, 9.17) is 9.15 Å². The van der Waals surface area contributed by atoms with Gasteiger partial charge in [-0.3, -0.25) is 0 Å². The summed E-state index contributed by atoms with van der Waals surface area (Å²) in [6.07, 6.45) is 4.43. The molecule has 25 heavy (non-hydrogen) atoms. The van der Waals surface area contributed by atoms with Gasteiger partial charge in [-0.05, 0) is 62.8 Å². The number of fused-ring (bicyclic) bond motifs is 1. The van der Waals surface area contributed by atoms with Crippen molar-refractivity contribution in [1.29, 1.82) is 0 Å². The zero-order valence-corrected chi connectivity index (χ0v) is 14.9. The molecule has 0 N–H and O–H groups in total. The molecule has 0 spiro atoms. The van der Waals surface area contributed by atoms with Crippen molar-refractivity contribution in [2.45, 2.75) is 39.5 Å². The molecule has 3 rings (SSSR count). The van der Waals surface area contributed by atoms with Gasteiger partial charge < -0.3 is 9.15 Å². The number of rotatable bonds is 7. The van der Waals surface area contributed by atoms with Gasteiger partial charge in [-0.2, -0.15) is 0 Å². The maximum Gasteiger partial charge on any atom is 0.339 e. The largest absolute Gasteiger partial charge is 0.493 e. The van der Waals surface area contributed by atoms with Crippen LogP contribution in [-0.2, 0) is 6.42 Å². The van der Waals surface area contributed by atoms with Gasteiger partial charge in [0.05, 0.1) is 6.61 Å². The summed E-state index contributed by atoms with van der Waals surface area (Å²) in [7, 11) is 0. The summed E-state index contributed by atoms with van der Waals surface area (Å²) in [5.41, 5.74) is 3.34. The van der Waals surface area contributed by atoms with Gasteiger partial charge in [0, 0.05) is 17.0 Å². The molecular weight excluding hydrogens is 312 g/mol.